The minimum absolute atomic E-state index is 0.0971. The van der Waals surface area contributed by atoms with Gasteiger partial charge in [-0.05, 0) is 26.3 Å². The molecule has 0 heterocycles. The molecule has 0 aliphatic heterocycles. The zero-order chi connectivity index (χ0) is 17.1. The number of carboxylic acid groups (broad SMARTS) is 1. The number of methoxy groups -OCH3 is 1. The average molecular weight is 307 g/mol. The van der Waals surface area contributed by atoms with Gasteiger partial charge in [0, 0.05) is 18.0 Å². The van der Waals surface area contributed by atoms with Crippen LogP contribution in [-0.2, 0) is 9.53 Å². The lowest BCUT2D eigenvalue weighted by Crippen LogP contribution is -2.08. The van der Waals surface area contributed by atoms with E-state index in [-0.39, 0.29) is 16.9 Å². The average Bonchev–Trinajstić information content (AvgIpc) is 2.50. The number of ether oxygens (including phenoxy) is 1. The van der Waals surface area contributed by atoms with E-state index in [9.17, 15) is 14.3 Å². The fourth-order valence-electron chi connectivity index (χ4n) is 1.60. The highest BCUT2D eigenvalue weighted by Gasteiger charge is 2.22. The number of aliphatic imine (C=N–C) groups is 1. The van der Waals surface area contributed by atoms with Crippen molar-refractivity contribution >= 4 is 12.2 Å². The smallest absolute Gasteiger partial charge is 0.336 e. The molecule has 0 saturated heterocycles. The number of hydrogen-bond acceptors (Lipinski definition) is 3. The van der Waals surface area contributed by atoms with Gasteiger partial charge in [0.1, 0.15) is 0 Å². The van der Waals surface area contributed by atoms with Crippen molar-refractivity contribution in [3.8, 4) is 0 Å². The number of carboxylic acids is 1. The van der Waals surface area contributed by atoms with E-state index in [1.54, 1.807) is 20.8 Å². The maximum atomic E-state index is 14.7. The van der Waals surface area contributed by atoms with Gasteiger partial charge in [0.05, 0.1) is 12.7 Å². The summed E-state index contributed by atoms with van der Waals surface area (Å²) in [6, 6.07) is 0. The molecule has 0 bridgehead atoms. The fourth-order valence-corrected chi connectivity index (χ4v) is 1.60. The SMILES string of the molecule is C=C\C=C/C(OC)=C(F)/C(=C/N=C\C)C(/C(=O)O)=C(\C)CC. The Morgan fingerprint density at radius 1 is 1.45 bits per heavy atom. The van der Waals surface area contributed by atoms with Crippen molar-refractivity contribution in [3.63, 3.8) is 0 Å². The Morgan fingerprint density at radius 3 is 2.50 bits per heavy atom. The van der Waals surface area contributed by atoms with Crippen LogP contribution in [-0.4, -0.2) is 24.4 Å². The Hall–Kier alpha value is -2.43. The molecule has 22 heavy (non-hydrogen) atoms. The summed E-state index contributed by atoms with van der Waals surface area (Å²) in [4.78, 5) is 15.4. The lowest BCUT2D eigenvalue weighted by atomic mass is 9.98. The molecule has 0 saturated carbocycles. The van der Waals surface area contributed by atoms with E-state index in [0.29, 0.717) is 12.0 Å². The van der Waals surface area contributed by atoms with Crippen LogP contribution in [0.5, 0.6) is 0 Å². The van der Waals surface area contributed by atoms with Crippen molar-refractivity contribution in [2.45, 2.75) is 27.2 Å². The third-order valence-electron chi connectivity index (χ3n) is 2.85. The molecule has 0 aromatic heterocycles. The van der Waals surface area contributed by atoms with Crippen LogP contribution in [0.3, 0.4) is 0 Å². The first-order valence-corrected chi connectivity index (χ1v) is 6.79. The van der Waals surface area contributed by atoms with Crippen molar-refractivity contribution < 1.29 is 19.0 Å². The molecule has 1 N–H and O–H groups in total. The Morgan fingerprint density at radius 2 is 2.09 bits per heavy atom. The van der Waals surface area contributed by atoms with Crippen LogP contribution >= 0.6 is 0 Å². The van der Waals surface area contributed by atoms with Crippen LogP contribution in [0, 0.1) is 0 Å². The summed E-state index contributed by atoms with van der Waals surface area (Å²) < 4.78 is 19.7. The molecule has 0 rings (SSSR count). The summed E-state index contributed by atoms with van der Waals surface area (Å²) in [6.07, 6.45) is 7.43. The number of allylic oxidation sites excluding steroid dienone is 5. The monoisotopic (exact) mass is 307 g/mol. The highest BCUT2D eigenvalue weighted by atomic mass is 19.1. The van der Waals surface area contributed by atoms with E-state index >= 15 is 0 Å². The lowest BCUT2D eigenvalue weighted by Gasteiger charge is -2.11. The summed E-state index contributed by atoms with van der Waals surface area (Å²) >= 11 is 0. The molecule has 0 aromatic carbocycles. The first-order chi connectivity index (χ1) is 10.4. The maximum absolute atomic E-state index is 14.7. The second-order valence-electron chi connectivity index (χ2n) is 4.24. The van der Waals surface area contributed by atoms with Gasteiger partial charge in [0.2, 0.25) is 0 Å². The highest BCUT2D eigenvalue weighted by molar-refractivity contribution is 5.94. The molecule has 0 amide bonds. The van der Waals surface area contributed by atoms with Gasteiger partial charge < -0.3 is 9.84 Å². The molecule has 0 fully saturated rings. The number of hydrogen-bond donors (Lipinski definition) is 1. The van der Waals surface area contributed by atoms with Crippen LogP contribution < -0.4 is 0 Å². The van der Waals surface area contributed by atoms with Gasteiger partial charge >= 0.3 is 5.97 Å². The molecule has 0 unspecified atom stereocenters. The molecular formula is C17H22FNO3. The zero-order valence-electron chi connectivity index (χ0n) is 13.4. The minimum Gasteiger partial charge on any atom is -0.494 e. The first kappa shape index (κ1) is 19.6. The van der Waals surface area contributed by atoms with Crippen LogP contribution in [0.4, 0.5) is 4.39 Å². The summed E-state index contributed by atoms with van der Waals surface area (Å²) in [6.45, 7) is 8.60. The summed E-state index contributed by atoms with van der Waals surface area (Å²) in [7, 11) is 1.31. The lowest BCUT2D eigenvalue weighted by molar-refractivity contribution is -0.132. The Bertz CT molecular complexity index is 566. The molecule has 0 aromatic rings. The Labute approximate surface area is 130 Å². The number of carbonyl (C=O) groups is 1. The standard InChI is InChI=1S/C17H22FNO3/c1-6-9-10-14(22-5)16(18)13(11-19-8-3)15(17(20)21)12(4)7-2/h6,8-11H,1,7H2,2-5H3,(H,20,21)/b10-9-,13-11+,15-12-,16-14+,19-8-. The van der Waals surface area contributed by atoms with Crippen LogP contribution in [0.25, 0.3) is 0 Å². The second-order valence-corrected chi connectivity index (χ2v) is 4.24. The number of halogens is 1. The number of aliphatic carboxylic acids is 1. The van der Waals surface area contributed by atoms with Gasteiger partial charge in [0.15, 0.2) is 11.6 Å². The first-order valence-electron chi connectivity index (χ1n) is 6.79. The largest absolute Gasteiger partial charge is 0.494 e. The van der Waals surface area contributed by atoms with Crippen molar-refractivity contribution in [2.75, 3.05) is 7.11 Å². The Kier molecular flexibility index (Phi) is 9.18. The predicted octanol–water partition coefficient (Wildman–Crippen LogP) is 4.34. The van der Waals surface area contributed by atoms with Gasteiger partial charge in [-0.15, -0.1) is 0 Å². The van der Waals surface area contributed by atoms with Crippen molar-refractivity contribution in [3.05, 3.63) is 59.3 Å². The third-order valence-corrected chi connectivity index (χ3v) is 2.85. The van der Waals surface area contributed by atoms with Crippen LogP contribution in [0.15, 0.2) is 64.3 Å². The molecule has 0 spiro atoms. The molecular weight excluding hydrogens is 285 g/mol. The summed E-state index contributed by atoms with van der Waals surface area (Å²) in [5.41, 5.74) is 0.297. The quantitative estimate of drug-likeness (QED) is 0.314. The van der Waals surface area contributed by atoms with Gasteiger partial charge in [0.25, 0.3) is 0 Å². The predicted molar refractivity (Wildman–Crippen MR) is 87.4 cm³/mol. The minimum atomic E-state index is -1.21. The van der Waals surface area contributed by atoms with E-state index in [1.807, 2.05) is 0 Å². The van der Waals surface area contributed by atoms with Crippen LogP contribution in [0.2, 0.25) is 0 Å². The number of rotatable bonds is 8. The normalized spacial score (nSPS) is 14.9. The zero-order valence-corrected chi connectivity index (χ0v) is 13.4. The molecule has 0 radical (unpaired) electrons. The molecule has 5 heteroatoms. The Balaban J connectivity index is 6.37. The van der Waals surface area contributed by atoms with E-state index < -0.39 is 11.8 Å². The number of nitrogens with zero attached hydrogens (tertiary/aromatic N) is 1. The summed E-state index contributed by atoms with van der Waals surface area (Å²) in [5.74, 6) is -2.10. The van der Waals surface area contributed by atoms with E-state index in [4.69, 9.17) is 4.74 Å². The van der Waals surface area contributed by atoms with Crippen molar-refractivity contribution in [1.29, 1.82) is 0 Å². The van der Waals surface area contributed by atoms with Gasteiger partial charge in [-0.25, -0.2) is 9.18 Å². The van der Waals surface area contributed by atoms with Gasteiger partial charge in [-0.2, -0.15) is 0 Å². The molecule has 4 nitrogen and oxygen atoms in total. The van der Waals surface area contributed by atoms with Gasteiger partial charge in [-0.1, -0.05) is 31.2 Å². The third kappa shape index (κ3) is 5.52. The highest BCUT2D eigenvalue weighted by Crippen LogP contribution is 2.28. The topological polar surface area (TPSA) is 58.9 Å². The molecule has 0 atom stereocenters. The van der Waals surface area contributed by atoms with E-state index in [1.165, 1.54) is 37.8 Å². The molecule has 0 aliphatic carbocycles. The van der Waals surface area contributed by atoms with E-state index in [2.05, 4.69) is 11.6 Å². The fraction of sp³-hybridized carbons (Fsp3) is 0.294. The molecule has 120 valence electrons. The van der Waals surface area contributed by atoms with Crippen molar-refractivity contribution in [1.82, 2.24) is 0 Å². The maximum Gasteiger partial charge on any atom is 0.336 e. The second kappa shape index (κ2) is 10.3. The van der Waals surface area contributed by atoms with Crippen LogP contribution in [0.1, 0.15) is 27.2 Å². The molecule has 0 aliphatic rings. The van der Waals surface area contributed by atoms with Crippen molar-refractivity contribution in [2.24, 2.45) is 4.99 Å². The van der Waals surface area contributed by atoms with Gasteiger partial charge in [-0.3, -0.25) is 4.99 Å². The van der Waals surface area contributed by atoms with E-state index in [0.717, 1.165) is 0 Å². The summed E-state index contributed by atoms with van der Waals surface area (Å²) in [5, 5.41) is 9.41.